The first-order valence-electron chi connectivity index (χ1n) is 21.1. The number of hydrogen-bond acceptors (Lipinski definition) is 5. The van der Waals surface area contributed by atoms with Crippen LogP contribution in [0.15, 0.2) is 24.3 Å². The smallest absolute Gasteiger partial charge is 0.266 e. The lowest BCUT2D eigenvalue weighted by atomic mass is 10.0. The third-order valence-electron chi connectivity index (χ3n) is 9.77. The second-order valence-electron chi connectivity index (χ2n) is 14.8. The molecule has 0 spiro atoms. The van der Waals surface area contributed by atoms with Crippen molar-refractivity contribution in [2.45, 2.75) is 231 Å². The van der Waals surface area contributed by atoms with Gasteiger partial charge in [0.25, 0.3) is 10.1 Å². The fourth-order valence-corrected chi connectivity index (χ4v) is 7.25. The van der Waals surface area contributed by atoms with E-state index in [-0.39, 0.29) is 6.42 Å². The van der Waals surface area contributed by atoms with Crippen molar-refractivity contribution in [1.82, 2.24) is 5.32 Å². The number of nitrogens with one attached hydrogen (secondary N) is 1. The van der Waals surface area contributed by atoms with Gasteiger partial charge in [0, 0.05) is 0 Å². The van der Waals surface area contributed by atoms with Gasteiger partial charge in [-0.1, -0.05) is 192 Å². The summed E-state index contributed by atoms with van der Waals surface area (Å²) in [5.41, 5.74) is 0. The molecule has 0 aliphatic heterocycles. The summed E-state index contributed by atoms with van der Waals surface area (Å²) in [7, 11) is -4.41. The first kappa shape index (κ1) is 48.8. The van der Waals surface area contributed by atoms with Crippen LogP contribution in [0.1, 0.15) is 213 Å². The van der Waals surface area contributed by atoms with Crippen molar-refractivity contribution in [2.75, 3.05) is 5.75 Å². The normalized spacial score (nSPS) is 14.1. The van der Waals surface area contributed by atoms with Gasteiger partial charge < -0.3 is 15.5 Å². The molecule has 0 radical (unpaired) electrons. The molecule has 0 rings (SSSR count). The van der Waals surface area contributed by atoms with Gasteiger partial charge >= 0.3 is 0 Å². The lowest BCUT2D eigenvalue weighted by molar-refractivity contribution is -0.131. The molecule has 4 N–H and O–H groups in total. The summed E-state index contributed by atoms with van der Waals surface area (Å²) in [6, 6.07) is -1.15. The Morgan fingerprint density at radius 1 is 0.540 bits per heavy atom. The Morgan fingerprint density at radius 3 is 1.34 bits per heavy atom. The van der Waals surface area contributed by atoms with Crippen LogP contribution < -0.4 is 5.32 Å². The van der Waals surface area contributed by atoms with Crippen molar-refractivity contribution in [3.05, 3.63) is 24.3 Å². The maximum Gasteiger partial charge on any atom is 0.266 e. The first-order chi connectivity index (χ1) is 24.2. The SMILES string of the molecule is CCCCC/C=C\C/C=C\CCCCCCCCC(O)C(=O)NC(CS(=O)(=O)O)C(O)CCCCCCCCCCCCCCCCCCC. The van der Waals surface area contributed by atoms with Crippen LogP contribution in [-0.2, 0) is 14.9 Å². The Balaban J connectivity index is 3.98. The molecule has 7 nitrogen and oxygen atoms in total. The molecule has 0 aromatic rings. The van der Waals surface area contributed by atoms with Crippen molar-refractivity contribution in [3.8, 4) is 0 Å². The Morgan fingerprint density at radius 2 is 0.900 bits per heavy atom. The van der Waals surface area contributed by atoms with E-state index in [0.29, 0.717) is 19.3 Å². The molecule has 0 saturated carbocycles. The summed E-state index contributed by atoms with van der Waals surface area (Å²) in [6.45, 7) is 4.49. The van der Waals surface area contributed by atoms with E-state index in [1.165, 1.54) is 116 Å². The molecule has 8 heteroatoms. The van der Waals surface area contributed by atoms with Gasteiger partial charge in [0.05, 0.1) is 17.9 Å². The van der Waals surface area contributed by atoms with E-state index in [1.807, 2.05) is 0 Å². The molecular weight excluding hydrogens is 647 g/mol. The van der Waals surface area contributed by atoms with Crippen LogP contribution in [0.25, 0.3) is 0 Å². The third kappa shape index (κ3) is 35.2. The molecule has 296 valence electrons. The van der Waals surface area contributed by atoms with Gasteiger partial charge in [0.1, 0.15) is 6.10 Å². The zero-order valence-corrected chi connectivity index (χ0v) is 33.5. The molecular formula is C42H81NO6S. The monoisotopic (exact) mass is 728 g/mol. The number of hydrogen-bond donors (Lipinski definition) is 4. The summed E-state index contributed by atoms with van der Waals surface area (Å²) in [6.07, 6.45) is 41.9. The van der Waals surface area contributed by atoms with Gasteiger partial charge in [0.15, 0.2) is 0 Å². The molecule has 0 aliphatic carbocycles. The number of aliphatic hydroxyl groups is 2. The summed E-state index contributed by atoms with van der Waals surface area (Å²) in [5, 5.41) is 23.5. The van der Waals surface area contributed by atoms with Crippen molar-refractivity contribution in [1.29, 1.82) is 0 Å². The van der Waals surface area contributed by atoms with E-state index in [1.54, 1.807) is 0 Å². The summed E-state index contributed by atoms with van der Waals surface area (Å²) >= 11 is 0. The minimum absolute atomic E-state index is 0.286. The summed E-state index contributed by atoms with van der Waals surface area (Å²) in [5.74, 6) is -1.46. The van der Waals surface area contributed by atoms with Crippen molar-refractivity contribution < 1.29 is 28.0 Å². The van der Waals surface area contributed by atoms with E-state index in [0.717, 1.165) is 57.8 Å². The van der Waals surface area contributed by atoms with E-state index in [4.69, 9.17) is 0 Å². The maximum absolute atomic E-state index is 12.6. The summed E-state index contributed by atoms with van der Waals surface area (Å²) in [4.78, 5) is 12.6. The van der Waals surface area contributed by atoms with Crippen molar-refractivity contribution in [2.24, 2.45) is 0 Å². The largest absolute Gasteiger partial charge is 0.391 e. The van der Waals surface area contributed by atoms with Gasteiger partial charge in [-0.2, -0.15) is 8.42 Å². The van der Waals surface area contributed by atoms with Gasteiger partial charge in [0.2, 0.25) is 5.91 Å². The number of carbonyl (C=O) groups excluding carboxylic acids is 1. The first-order valence-corrected chi connectivity index (χ1v) is 22.7. The molecule has 0 aromatic carbocycles. The van der Waals surface area contributed by atoms with E-state index < -0.39 is 40.0 Å². The highest BCUT2D eigenvalue weighted by atomic mass is 32.2. The Labute approximate surface area is 309 Å². The second-order valence-corrected chi connectivity index (χ2v) is 16.3. The van der Waals surface area contributed by atoms with Crippen LogP contribution in [0.3, 0.4) is 0 Å². The van der Waals surface area contributed by atoms with Crippen LogP contribution in [-0.4, -0.2) is 53.1 Å². The van der Waals surface area contributed by atoms with Crippen molar-refractivity contribution >= 4 is 16.0 Å². The standard InChI is InChI=1S/C42H81NO6S/c1-3-5-7-9-11-13-15-17-19-21-23-24-26-28-30-32-34-36-40(44)39(38-50(47,48)49)43-42(46)41(45)37-35-33-31-29-27-25-22-20-18-16-14-12-10-8-6-4-2/h12,14,18,20,39-41,44-45H,3-11,13,15-17,19,21-38H2,1-2H3,(H,43,46)(H,47,48,49)/b14-12-,20-18-. The number of aliphatic hydroxyl groups excluding tert-OH is 2. The maximum atomic E-state index is 12.6. The predicted molar refractivity (Wildman–Crippen MR) is 213 cm³/mol. The fraction of sp³-hybridized carbons (Fsp3) is 0.881. The molecule has 0 bridgehead atoms. The number of rotatable bonds is 38. The fourth-order valence-electron chi connectivity index (χ4n) is 6.49. The van der Waals surface area contributed by atoms with Crippen LogP contribution in [0, 0.1) is 0 Å². The van der Waals surface area contributed by atoms with Crippen LogP contribution in [0.5, 0.6) is 0 Å². The molecule has 0 saturated heterocycles. The van der Waals surface area contributed by atoms with Crippen LogP contribution in [0.4, 0.5) is 0 Å². The average Bonchev–Trinajstić information content (AvgIpc) is 3.08. The highest BCUT2D eigenvalue weighted by Gasteiger charge is 2.28. The van der Waals surface area contributed by atoms with Gasteiger partial charge in [-0.05, 0) is 44.9 Å². The third-order valence-corrected chi connectivity index (χ3v) is 10.5. The van der Waals surface area contributed by atoms with E-state index >= 15 is 0 Å². The molecule has 0 aliphatic rings. The Kier molecular flexibility index (Phi) is 35.3. The van der Waals surface area contributed by atoms with Crippen LogP contribution >= 0.6 is 0 Å². The van der Waals surface area contributed by atoms with Crippen LogP contribution in [0.2, 0.25) is 0 Å². The number of carbonyl (C=O) groups is 1. The zero-order valence-electron chi connectivity index (χ0n) is 32.6. The predicted octanol–water partition coefficient (Wildman–Crippen LogP) is 11.3. The van der Waals surface area contributed by atoms with E-state index in [2.05, 4.69) is 43.5 Å². The number of unbranched alkanes of at least 4 members (excludes halogenated alkanes) is 25. The van der Waals surface area contributed by atoms with Gasteiger partial charge in [-0.3, -0.25) is 9.35 Å². The Hall–Kier alpha value is -1.22. The molecule has 1 amide bonds. The number of allylic oxidation sites excluding steroid dienone is 4. The summed E-state index contributed by atoms with van der Waals surface area (Å²) < 4.78 is 32.6. The molecule has 0 fully saturated rings. The quantitative estimate of drug-likeness (QED) is 0.0285. The average molecular weight is 728 g/mol. The van der Waals surface area contributed by atoms with Crippen molar-refractivity contribution in [3.63, 3.8) is 0 Å². The number of amides is 1. The molecule has 0 heterocycles. The van der Waals surface area contributed by atoms with Gasteiger partial charge in [-0.15, -0.1) is 0 Å². The molecule has 50 heavy (non-hydrogen) atoms. The molecule has 3 unspecified atom stereocenters. The lowest BCUT2D eigenvalue weighted by Crippen LogP contribution is -2.50. The second kappa shape index (κ2) is 36.2. The molecule has 0 aromatic heterocycles. The minimum atomic E-state index is -4.41. The molecule has 3 atom stereocenters. The minimum Gasteiger partial charge on any atom is -0.391 e. The highest BCUT2D eigenvalue weighted by molar-refractivity contribution is 7.85. The lowest BCUT2D eigenvalue weighted by Gasteiger charge is -2.24. The zero-order chi connectivity index (χ0) is 37.0. The van der Waals surface area contributed by atoms with Gasteiger partial charge in [-0.25, -0.2) is 0 Å². The Bertz CT molecular complexity index is 906. The highest BCUT2D eigenvalue weighted by Crippen LogP contribution is 2.16. The van der Waals surface area contributed by atoms with E-state index in [9.17, 15) is 28.0 Å². The topological polar surface area (TPSA) is 124 Å².